The van der Waals surface area contributed by atoms with Gasteiger partial charge in [0.15, 0.2) is 0 Å². The van der Waals surface area contributed by atoms with Crippen LogP contribution < -0.4 is 0 Å². The van der Waals surface area contributed by atoms with Crippen LogP contribution in [0.4, 0.5) is 0 Å². The summed E-state index contributed by atoms with van der Waals surface area (Å²) in [6.45, 7) is 3.52. The molecule has 0 heterocycles. The Labute approximate surface area is 146 Å². The molecule has 2 nitrogen and oxygen atoms in total. The number of quaternary nitrogens is 1. The van der Waals surface area contributed by atoms with Crippen LogP contribution in [0.15, 0.2) is 12.2 Å². The van der Waals surface area contributed by atoms with E-state index in [1.807, 2.05) is 0 Å². The third-order valence-electron chi connectivity index (χ3n) is 4.42. The molecule has 0 fully saturated rings. The largest absolute Gasteiger partial charge is 0.393 e. The fraction of sp³-hybridized carbons (Fsp3) is 0.905. The molecule has 1 atom stereocenters. The smallest absolute Gasteiger partial charge is 0.0780 e. The Bertz CT molecular complexity index is 268. The Morgan fingerprint density at radius 1 is 0.783 bits per heavy atom. The van der Waals surface area contributed by atoms with Crippen LogP contribution in [-0.2, 0) is 0 Å². The Morgan fingerprint density at radius 3 is 2.04 bits per heavy atom. The first-order chi connectivity index (χ1) is 11.0. The Balaban J connectivity index is 3.28. The molecule has 23 heavy (non-hydrogen) atoms. The topological polar surface area (TPSA) is 20.2 Å². The molecular formula is C21H44NO+. The summed E-state index contributed by atoms with van der Waals surface area (Å²) in [7, 11) is 6.82. The average Bonchev–Trinajstić information content (AvgIpc) is 2.48. The lowest BCUT2D eigenvalue weighted by Gasteiger charge is -2.23. The van der Waals surface area contributed by atoms with Gasteiger partial charge in [-0.15, -0.1) is 0 Å². The minimum atomic E-state index is -0.121. The number of nitrogens with zero attached hydrogens (tertiary/aromatic N) is 1. The third-order valence-corrected chi connectivity index (χ3v) is 4.42. The van der Waals surface area contributed by atoms with Crippen molar-refractivity contribution in [3.63, 3.8) is 0 Å². The molecule has 0 radical (unpaired) electrons. The molecule has 0 aromatic heterocycles. The number of rotatable bonds is 16. The normalized spacial score (nSPS) is 13.8. The lowest BCUT2D eigenvalue weighted by Crippen LogP contribution is -2.35. The lowest BCUT2D eigenvalue weighted by atomic mass is 10.1. The van der Waals surface area contributed by atoms with Gasteiger partial charge in [-0.05, 0) is 38.5 Å². The fourth-order valence-corrected chi connectivity index (χ4v) is 2.85. The van der Waals surface area contributed by atoms with E-state index >= 15 is 0 Å². The highest BCUT2D eigenvalue weighted by Crippen LogP contribution is 2.11. The predicted molar refractivity (Wildman–Crippen MR) is 104 cm³/mol. The summed E-state index contributed by atoms with van der Waals surface area (Å²) >= 11 is 0. The van der Waals surface area contributed by atoms with Gasteiger partial charge in [-0.25, -0.2) is 0 Å². The highest BCUT2D eigenvalue weighted by atomic mass is 16.3. The molecule has 0 aromatic rings. The highest BCUT2D eigenvalue weighted by molar-refractivity contribution is 4.83. The van der Waals surface area contributed by atoms with Crippen molar-refractivity contribution < 1.29 is 9.59 Å². The first-order valence-corrected chi connectivity index (χ1v) is 10.1. The van der Waals surface area contributed by atoms with E-state index in [1.165, 1.54) is 77.2 Å². The summed E-state index contributed by atoms with van der Waals surface area (Å²) < 4.78 is 1.09. The molecule has 0 saturated carbocycles. The van der Waals surface area contributed by atoms with Crippen molar-refractivity contribution >= 4 is 0 Å². The van der Waals surface area contributed by atoms with Gasteiger partial charge in [0.05, 0.1) is 33.8 Å². The zero-order chi connectivity index (χ0) is 17.4. The summed E-state index contributed by atoms with van der Waals surface area (Å²) in [5, 5.41) is 9.88. The Morgan fingerprint density at radius 2 is 1.39 bits per heavy atom. The second kappa shape index (κ2) is 15.2. The van der Waals surface area contributed by atoms with Crippen molar-refractivity contribution in [2.75, 3.05) is 27.7 Å². The summed E-state index contributed by atoms with van der Waals surface area (Å²) in [6.07, 6.45) is 20.5. The van der Waals surface area contributed by atoms with Crippen LogP contribution in [0.1, 0.15) is 90.4 Å². The summed E-state index contributed by atoms with van der Waals surface area (Å²) in [5.74, 6) is 0. The molecule has 0 saturated heterocycles. The molecule has 138 valence electrons. The van der Waals surface area contributed by atoms with Gasteiger partial charge in [0.1, 0.15) is 0 Å². The molecule has 0 rings (SSSR count). The van der Waals surface area contributed by atoms with Crippen molar-refractivity contribution in [3.05, 3.63) is 12.2 Å². The number of aliphatic hydroxyl groups is 1. The van der Waals surface area contributed by atoms with E-state index in [4.69, 9.17) is 0 Å². The van der Waals surface area contributed by atoms with Crippen LogP contribution in [0, 0.1) is 0 Å². The second-order valence-electron chi connectivity index (χ2n) is 8.13. The molecular weight excluding hydrogens is 282 g/mol. The first-order valence-electron chi connectivity index (χ1n) is 10.1. The minimum absolute atomic E-state index is 0.121. The van der Waals surface area contributed by atoms with Gasteiger partial charge >= 0.3 is 0 Å². The van der Waals surface area contributed by atoms with Crippen LogP contribution in [-0.4, -0.2) is 43.4 Å². The molecule has 2 heteroatoms. The van der Waals surface area contributed by atoms with Gasteiger partial charge in [-0.1, -0.05) is 64.0 Å². The van der Waals surface area contributed by atoms with Crippen LogP contribution in [0.2, 0.25) is 0 Å². The fourth-order valence-electron chi connectivity index (χ4n) is 2.85. The van der Waals surface area contributed by atoms with Crippen molar-refractivity contribution in [2.45, 2.75) is 96.5 Å². The average molecular weight is 327 g/mol. The zero-order valence-corrected chi connectivity index (χ0v) is 16.5. The molecule has 0 amide bonds. The number of hydrogen-bond acceptors (Lipinski definition) is 1. The Kier molecular flexibility index (Phi) is 15.0. The number of aliphatic hydroxyl groups excluding tert-OH is 1. The maximum absolute atomic E-state index is 9.88. The van der Waals surface area contributed by atoms with Crippen LogP contribution in [0.3, 0.4) is 0 Å². The lowest BCUT2D eigenvalue weighted by molar-refractivity contribution is -0.870. The second-order valence-corrected chi connectivity index (χ2v) is 8.13. The summed E-state index contributed by atoms with van der Waals surface area (Å²) in [5.41, 5.74) is 0. The van der Waals surface area contributed by atoms with Crippen molar-refractivity contribution in [3.8, 4) is 0 Å². The zero-order valence-electron chi connectivity index (χ0n) is 16.5. The minimum Gasteiger partial charge on any atom is -0.393 e. The summed E-state index contributed by atoms with van der Waals surface area (Å²) in [6, 6.07) is 0. The first kappa shape index (κ1) is 22.7. The van der Waals surface area contributed by atoms with Crippen molar-refractivity contribution in [1.29, 1.82) is 0 Å². The van der Waals surface area contributed by atoms with E-state index in [0.717, 1.165) is 17.3 Å². The molecule has 0 spiro atoms. The molecule has 1 N–H and O–H groups in total. The standard InChI is InChI=1S/C21H44NO/c1-5-6-7-15-18-21(23)19-16-13-11-9-8-10-12-14-17-20-22(2,3)4/h13,16,21,23H,5-12,14-15,17-20H2,1-4H3/q+1/t21-/m1/s1. The molecule has 0 bridgehead atoms. The van der Waals surface area contributed by atoms with Crippen LogP contribution in [0.5, 0.6) is 0 Å². The number of allylic oxidation sites excluding steroid dienone is 1. The van der Waals surface area contributed by atoms with Gasteiger partial charge in [0.2, 0.25) is 0 Å². The molecule has 0 unspecified atom stereocenters. The van der Waals surface area contributed by atoms with Gasteiger partial charge in [0.25, 0.3) is 0 Å². The maximum atomic E-state index is 9.88. The van der Waals surface area contributed by atoms with E-state index < -0.39 is 0 Å². The van der Waals surface area contributed by atoms with Crippen molar-refractivity contribution in [1.82, 2.24) is 0 Å². The SMILES string of the molecule is CCCCCC[C@@H](O)CC=CCCCCCCCC[N+](C)(C)C. The van der Waals surface area contributed by atoms with E-state index in [2.05, 4.69) is 40.2 Å². The monoisotopic (exact) mass is 326 g/mol. The van der Waals surface area contributed by atoms with E-state index in [-0.39, 0.29) is 6.10 Å². The van der Waals surface area contributed by atoms with Gasteiger partial charge in [-0.2, -0.15) is 0 Å². The molecule has 0 aliphatic heterocycles. The quantitative estimate of drug-likeness (QED) is 0.219. The maximum Gasteiger partial charge on any atom is 0.0780 e. The van der Waals surface area contributed by atoms with E-state index in [0.29, 0.717) is 0 Å². The molecule has 0 aliphatic carbocycles. The predicted octanol–water partition coefficient (Wildman–Crippen LogP) is 5.70. The third kappa shape index (κ3) is 19.6. The molecule has 0 aromatic carbocycles. The van der Waals surface area contributed by atoms with Crippen LogP contribution in [0.25, 0.3) is 0 Å². The van der Waals surface area contributed by atoms with Gasteiger partial charge in [-0.3, -0.25) is 0 Å². The van der Waals surface area contributed by atoms with E-state index in [9.17, 15) is 5.11 Å². The van der Waals surface area contributed by atoms with Gasteiger partial charge in [0, 0.05) is 0 Å². The Hall–Kier alpha value is -0.340. The summed E-state index contributed by atoms with van der Waals surface area (Å²) in [4.78, 5) is 0. The van der Waals surface area contributed by atoms with Gasteiger partial charge < -0.3 is 9.59 Å². The van der Waals surface area contributed by atoms with Crippen molar-refractivity contribution in [2.24, 2.45) is 0 Å². The molecule has 0 aliphatic rings. The highest BCUT2D eigenvalue weighted by Gasteiger charge is 2.05. The number of unbranched alkanes of at least 4 members (excludes halogenated alkanes) is 9. The van der Waals surface area contributed by atoms with E-state index in [1.54, 1.807) is 0 Å². The van der Waals surface area contributed by atoms with Crippen LogP contribution >= 0.6 is 0 Å². The number of hydrogen-bond donors (Lipinski definition) is 1.